The van der Waals surface area contributed by atoms with Gasteiger partial charge in [0.25, 0.3) is 5.91 Å². The van der Waals surface area contributed by atoms with Crippen molar-refractivity contribution in [2.75, 3.05) is 13.1 Å². The Morgan fingerprint density at radius 3 is 3.07 bits per heavy atom. The minimum absolute atomic E-state index is 0.195. The molecule has 2 heterocycles. The van der Waals surface area contributed by atoms with Crippen LogP contribution in [0.4, 0.5) is 0 Å². The number of nitrogens with zero attached hydrogens (tertiary/aromatic N) is 3. The number of aromatic amines is 1. The third-order valence-electron chi connectivity index (χ3n) is 2.51. The van der Waals surface area contributed by atoms with E-state index in [1.165, 1.54) is 0 Å². The van der Waals surface area contributed by atoms with E-state index < -0.39 is 6.10 Å². The third kappa shape index (κ3) is 1.99. The average molecular weight is 210 g/mol. The van der Waals surface area contributed by atoms with Crippen molar-refractivity contribution in [2.24, 2.45) is 0 Å². The second-order valence-electron chi connectivity index (χ2n) is 3.65. The number of carbonyl (C=O) groups is 1. The molecular weight excluding hydrogens is 196 g/mol. The molecule has 1 saturated heterocycles. The van der Waals surface area contributed by atoms with E-state index in [4.69, 9.17) is 0 Å². The summed E-state index contributed by atoms with van der Waals surface area (Å²) < 4.78 is 0. The Morgan fingerprint density at radius 2 is 2.53 bits per heavy atom. The lowest BCUT2D eigenvalue weighted by molar-refractivity contribution is 0.0753. The second-order valence-corrected chi connectivity index (χ2v) is 3.65. The molecule has 1 fully saturated rings. The van der Waals surface area contributed by atoms with Crippen LogP contribution in [-0.4, -0.2) is 50.3 Å². The monoisotopic (exact) mass is 210 g/mol. The fourth-order valence-electron chi connectivity index (χ4n) is 1.62. The molecule has 0 bridgehead atoms. The molecule has 1 amide bonds. The Kier molecular flexibility index (Phi) is 2.68. The Labute approximate surface area is 87.3 Å². The van der Waals surface area contributed by atoms with Gasteiger partial charge in [0, 0.05) is 19.5 Å². The maximum Gasteiger partial charge on any atom is 0.293 e. The molecule has 15 heavy (non-hydrogen) atoms. The van der Waals surface area contributed by atoms with Gasteiger partial charge >= 0.3 is 0 Å². The van der Waals surface area contributed by atoms with Crippen molar-refractivity contribution in [1.82, 2.24) is 20.1 Å². The molecule has 0 aromatic carbocycles. The molecule has 0 spiro atoms. The van der Waals surface area contributed by atoms with Gasteiger partial charge in [0.05, 0.1) is 6.10 Å². The molecule has 1 aliphatic rings. The minimum Gasteiger partial charge on any atom is -0.391 e. The molecule has 6 heteroatoms. The molecule has 0 saturated carbocycles. The van der Waals surface area contributed by atoms with Crippen LogP contribution >= 0.6 is 0 Å². The molecule has 1 aliphatic heterocycles. The lowest BCUT2D eigenvalue weighted by Crippen LogP contribution is -2.30. The zero-order chi connectivity index (χ0) is 10.8. The number of hydrogen-bond donors (Lipinski definition) is 2. The van der Waals surface area contributed by atoms with E-state index in [2.05, 4.69) is 15.2 Å². The number of hydrogen-bond acceptors (Lipinski definition) is 4. The summed E-state index contributed by atoms with van der Waals surface area (Å²) in [4.78, 5) is 17.4. The lowest BCUT2D eigenvalue weighted by Gasteiger charge is -2.12. The van der Waals surface area contributed by atoms with Crippen LogP contribution in [0.5, 0.6) is 0 Å². The van der Waals surface area contributed by atoms with Gasteiger partial charge in [-0.15, -0.1) is 5.10 Å². The molecule has 1 aromatic heterocycles. The lowest BCUT2D eigenvalue weighted by atomic mass is 10.3. The summed E-state index contributed by atoms with van der Waals surface area (Å²) in [5.41, 5.74) is 0. The topological polar surface area (TPSA) is 82.1 Å². The first kappa shape index (κ1) is 10.1. The highest BCUT2D eigenvalue weighted by Gasteiger charge is 2.27. The van der Waals surface area contributed by atoms with E-state index >= 15 is 0 Å². The van der Waals surface area contributed by atoms with Crippen molar-refractivity contribution in [3.05, 3.63) is 11.6 Å². The van der Waals surface area contributed by atoms with E-state index in [-0.39, 0.29) is 11.7 Å². The predicted molar refractivity (Wildman–Crippen MR) is 52.3 cm³/mol. The number of aromatic nitrogens is 3. The van der Waals surface area contributed by atoms with Gasteiger partial charge in [0.2, 0.25) is 5.82 Å². The quantitative estimate of drug-likeness (QED) is 0.694. The Morgan fingerprint density at radius 1 is 1.73 bits per heavy atom. The van der Waals surface area contributed by atoms with Crippen LogP contribution < -0.4 is 0 Å². The summed E-state index contributed by atoms with van der Waals surface area (Å²) in [5.74, 6) is 0.696. The van der Waals surface area contributed by atoms with Crippen LogP contribution in [0.25, 0.3) is 0 Å². The van der Waals surface area contributed by atoms with Crippen LogP contribution in [0.3, 0.4) is 0 Å². The molecule has 1 unspecified atom stereocenters. The number of aliphatic hydroxyl groups is 1. The Bertz CT molecular complexity index is 363. The fourth-order valence-corrected chi connectivity index (χ4v) is 1.62. The number of β-amino-alcohol motifs (C(OH)–C–C–N with tert-alkyl or cyclic N) is 1. The predicted octanol–water partition coefficient (Wildman–Crippen LogP) is -0.426. The molecule has 2 rings (SSSR count). The number of amides is 1. The molecule has 0 aliphatic carbocycles. The first-order chi connectivity index (χ1) is 7.20. The van der Waals surface area contributed by atoms with Crippen LogP contribution in [0.1, 0.15) is 29.8 Å². The molecular formula is C9H14N4O2. The van der Waals surface area contributed by atoms with Crippen molar-refractivity contribution in [2.45, 2.75) is 25.9 Å². The number of nitrogens with one attached hydrogen (secondary N) is 1. The van der Waals surface area contributed by atoms with Gasteiger partial charge in [-0.2, -0.15) is 0 Å². The van der Waals surface area contributed by atoms with Crippen molar-refractivity contribution in [3.8, 4) is 0 Å². The normalized spacial score (nSPS) is 20.9. The summed E-state index contributed by atoms with van der Waals surface area (Å²) in [6.07, 6.45) is 0.957. The smallest absolute Gasteiger partial charge is 0.293 e. The molecule has 82 valence electrons. The summed E-state index contributed by atoms with van der Waals surface area (Å²) in [7, 11) is 0. The van der Waals surface area contributed by atoms with Gasteiger partial charge in [0.15, 0.2) is 0 Å². The number of aliphatic hydroxyl groups excluding tert-OH is 1. The zero-order valence-corrected chi connectivity index (χ0v) is 8.60. The van der Waals surface area contributed by atoms with E-state index in [0.29, 0.717) is 25.3 Å². The van der Waals surface area contributed by atoms with E-state index in [1.807, 2.05) is 6.92 Å². The van der Waals surface area contributed by atoms with Gasteiger partial charge in [-0.1, -0.05) is 6.92 Å². The van der Waals surface area contributed by atoms with Crippen LogP contribution in [0.15, 0.2) is 0 Å². The van der Waals surface area contributed by atoms with Gasteiger partial charge < -0.3 is 10.0 Å². The van der Waals surface area contributed by atoms with Crippen LogP contribution in [-0.2, 0) is 6.42 Å². The molecule has 1 atom stereocenters. The molecule has 1 aromatic rings. The number of carbonyl (C=O) groups excluding carboxylic acids is 1. The van der Waals surface area contributed by atoms with Crippen molar-refractivity contribution in [1.29, 1.82) is 0 Å². The summed E-state index contributed by atoms with van der Waals surface area (Å²) in [5, 5.41) is 15.9. The van der Waals surface area contributed by atoms with Gasteiger partial charge in [-0.3, -0.25) is 9.89 Å². The van der Waals surface area contributed by atoms with Gasteiger partial charge in [-0.25, -0.2) is 4.98 Å². The second kappa shape index (κ2) is 3.98. The highest BCUT2D eigenvalue weighted by molar-refractivity contribution is 5.90. The van der Waals surface area contributed by atoms with Gasteiger partial charge in [-0.05, 0) is 6.42 Å². The number of likely N-dealkylation sites (tertiary alicyclic amines) is 1. The molecule has 2 N–H and O–H groups in total. The van der Waals surface area contributed by atoms with E-state index in [1.54, 1.807) is 4.90 Å². The highest BCUT2D eigenvalue weighted by Crippen LogP contribution is 2.11. The minimum atomic E-state index is -0.404. The number of H-pyrrole nitrogens is 1. The SMILES string of the molecule is CCc1nc(C(=O)N2CCC(O)C2)n[nH]1. The first-order valence-corrected chi connectivity index (χ1v) is 5.09. The fraction of sp³-hybridized carbons (Fsp3) is 0.667. The number of aryl methyl sites for hydroxylation is 1. The molecule has 6 nitrogen and oxygen atoms in total. The van der Waals surface area contributed by atoms with Crippen LogP contribution in [0, 0.1) is 0 Å². The van der Waals surface area contributed by atoms with Crippen molar-refractivity contribution >= 4 is 5.91 Å². The third-order valence-corrected chi connectivity index (χ3v) is 2.51. The van der Waals surface area contributed by atoms with Gasteiger partial charge in [0.1, 0.15) is 5.82 Å². The largest absolute Gasteiger partial charge is 0.391 e. The van der Waals surface area contributed by atoms with Crippen molar-refractivity contribution < 1.29 is 9.90 Å². The number of rotatable bonds is 2. The van der Waals surface area contributed by atoms with E-state index in [0.717, 1.165) is 6.42 Å². The Hall–Kier alpha value is -1.43. The summed E-state index contributed by atoms with van der Waals surface area (Å²) in [6, 6.07) is 0. The maximum absolute atomic E-state index is 11.8. The average Bonchev–Trinajstić information content (AvgIpc) is 2.84. The zero-order valence-electron chi connectivity index (χ0n) is 8.60. The summed E-state index contributed by atoms with van der Waals surface area (Å²) >= 11 is 0. The molecule has 0 radical (unpaired) electrons. The van der Waals surface area contributed by atoms with E-state index in [9.17, 15) is 9.90 Å². The summed E-state index contributed by atoms with van der Waals surface area (Å²) in [6.45, 7) is 2.90. The van der Waals surface area contributed by atoms with Crippen LogP contribution in [0.2, 0.25) is 0 Å². The Balaban J connectivity index is 2.07. The van der Waals surface area contributed by atoms with Crippen molar-refractivity contribution in [3.63, 3.8) is 0 Å². The first-order valence-electron chi connectivity index (χ1n) is 5.09. The highest BCUT2D eigenvalue weighted by atomic mass is 16.3. The standard InChI is InChI=1S/C9H14N4O2/c1-2-7-10-8(12-11-7)9(15)13-4-3-6(14)5-13/h6,14H,2-5H2,1H3,(H,10,11,12). The maximum atomic E-state index is 11.8.